The van der Waals surface area contributed by atoms with E-state index in [4.69, 9.17) is 0 Å². The summed E-state index contributed by atoms with van der Waals surface area (Å²) in [4.78, 5) is 13.0. The molecule has 3 heteroatoms. The molecule has 1 aromatic carbocycles. The number of benzene rings is 1. The summed E-state index contributed by atoms with van der Waals surface area (Å²) in [6.45, 7) is 6.51. The molecule has 1 aromatic rings. The van der Waals surface area contributed by atoms with E-state index in [1.807, 2.05) is 12.1 Å². The third-order valence-electron chi connectivity index (χ3n) is 2.64. The molecule has 0 unspecified atom stereocenters. The van der Waals surface area contributed by atoms with Crippen LogP contribution in [0.2, 0.25) is 0 Å². The Morgan fingerprint density at radius 3 is 2.06 bits per heavy atom. The van der Waals surface area contributed by atoms with Crippen molar-refractivity contribution in [1.82, 2.24) is 5.32 Å². The van der Waals surface area contributed by atoms with Crippen LogP contribution >= 0.6 is 0 Å². The molecule has 0 aromatic heterocycles. The number of anilines is 1. The highest BCUT2D eigenvalue weighted by Crippen LogP contribution is 2.24. The van der Waals surface area contributed by atoms with Crippen molar-refractivity contribution in [3.63, 3.8) is 0 Å². The van der Waals surface area contributed by atoms with Crippen LogP contribution in [0.4, 0.5) is 10.5 Å². The van der Waals surface area contributed by atoms with E-state index in [2.05, 4.69) is 38.2 Å². The van der Waals surface area contributed by atoms with E-state index in [9.17, 15) is 4.79 Å². The summed E-state index contributed by atoms with van der Waals surface area (Å²) in [5, 5.41) is 2.60. The van der Waals surface area contributed by atoms with Crippen LogP contribution in [0.3, 0.4) is 0 Å². The average molecular weight is 220 g/mol. The van der Waals surface area contributed by atoms with Crippen molar-refractivity contribution in [2.75, 3.05) is 19.0 Å². The van der Waals surface area contributed by atoms with E-state index >= 15 is 0 Å². The number of carbonyl (C=O) groups excluding carboxylic acids is 1. The first-order valence-electron chi connectivity index (χ1n) is 5.42. The predicted octanol–water partition coefficient (Wildman–Crippen LogP) is 2.76. The van der Waals surface area contributed by atoms with Gasteiger partial charge in [-0.25, -0.2) is 4.79 Å². The van der Waals surface area contributed by atoms with Gasteiger partial charge in [0.15, 0.2) is 0 Å². The smallest absolute Gasteiger partial charge is 0.321 e. The Bertz CT molecular complexity index is 363. The zero-order valence-corrected chi connectivity index (χ0v) is 10.7. The van der Waals surface area contributed by atoms with E-state index in [1.54, 1.807) is 19.0 Å². The van der Waals surface area contributed by atoms with Gasteiger partial charge in [0, 0.05) is 19.8 Å². The maximum Gasteiger partial charge on any atom is 0.321 e. The second kappa shape index (κ2) is 4.56. The zero-order valence-electron chi connectivity index (χ0n) is 10.7. The van der Waals surface area contributed by atoms with Crippen molar-refractivity contribution in [3.05, 3.63) is 29.8 Å². The molecule has 0 spiro atoms. The second-order valence-electron chi connectivity index (χ2n) is 4.91. The van der Waals surface area contributed by atoms with Crippen molar-refractivity contribution < 1.29 is 4.79 Å². The van der Waals surface area contributed by atoms with Crippen molar-refractivity contribution in [3.8, 4) is 0 Å². The number of amides is 2. The van der Waals surface area contributed by atoms with Crippen molar-refractivity contribution in [2.45, 2.75) is 26.2 Å². The molecule has 88 valence electrons. The fraction of sp³-hybridized carbons (Fsp3) is 0.462. The molecular formula is C13H20N2O. The summed E-state index contributed by atoms with van der Waals surface area (Å²) in [6.07, 6.45) is 0. The van der Waals surface area contributed by atoms with Gasteiger partial charge in [-0.05, 0) is 23.1 Å². The zero-order chi connectivity index (χ0) is 12.3. The molecule has 2 amide bonds. The molecule has 0 saturated heterocycles. The maximum atomic E-state index is 11.4. The molecule has 1 rings (SSSR count). The Kier molecular flexibility index (Phi) is 3.58. The molecule has 0 fully saturated rings. The largest absolute Gasteiger partial charge is 0.341 e. The summed E-state index contributed by atoms with van der Waals surface area (Å²) in [7, 11) is 3.38. The van der Waals surface area contributed by atoms with Gasteiger partial charge < -0.3 is 5.32 Å². The lowest BCUT2D eigenvalue weighted by molar-refractivity contribution is 0.249. The number of carbonyl (C=O) groups is 1. The van der Waals surface area contributed by atoms with Crippen LogP contribution in [-0.2, 0) is 5.41 Å². The van der Waals surface area contributed by atoms with E-state index in [1.165, 1.54) is 5.56 Å². The minimum atomic E-state index is -0.108. The van der Waals surface area contributed by atoms with Gasteiger partial charge in [-0.1, -0.05) is 32.9 Å². The van der Waals surface area contributed by atoms with E-state index in [-0.39, 0.29) is 11.4 Å². The Hall–Kier alpha value is -1.51. The Balaban J connectivity index is 2.91. The minimum absolute atomic E-state index is 0.108. The van der Waals surface area contributed by atoms with Gasteiger partial charge in [0.25, 0.3) is 0 Å². The van der Waals surface area contributed by atoms with E-state index in [0.717, 1.165) is 5.69 Å². The lowest BCUT2D eigenvalue weighted by Crippen LogP contribution is -2.34. The number of nitrogens with zero attached hydrogens (tertiary/aromatic N) is 1. The molecule has 0 saturated carbocycles. The molecule has 0 bridgehead atoms. The standard InChI is InChI=1S/C13H20N2O/c1-13(2,3)10-6-8-11(9-7-10)15(5)12(16)14-4/h6-9H,1-5H3,(H,14,16). The van der Waals surface area contributed by atoms with Crippen LogP contribution in [0.25, 0.3) is 0 Å². The van der Waals surface area contributed by atoms with Gasteiger partial charge >= 0.3 is 6.03 Å². The third-order valence-corrected chi connectivity index (χ3v) is 2.64. The first-order valence-corrected chi connectivity index (χ1v) is 5.42. The van der Waals surface area contributed by atoms with Crippen molar-refractivity contribution >= 4 is 11.7 Å². The predicted molar refractivity (Wildman–Crippen MR) is 68.0 cm³/mol. The molecular weight excluding hydrogens is 200 g/mol. The normalized spacial score (nSPS) is 11.1. The fourth-order valence-corrected chi connectivity index (χ4v) is 1.47. The highest BCUT2D eigenvalue weighted by molar-refractivity contribution is 5.91. The molecule has 0 radical (unpaired) electrons. The first-order chi connectivity index (χ1) is 7.36. The molecule has 0 atom stereocenters. The Labute approximate surface area is 97.5 Å². The first kappa shape index (κ1) is 12.6. The van der Waals surface area contributed by atoms with E-state index < -0.39 is 0 Å². The van der Waals surface area contributed by atoms with Gasteiger partial charge in [0.2, 0.25) is 0 Å². The van der Waals surface area contributed by atoms with Crippen molar-refractivity contribution in [1.29, 1.82) is 0 Å². The number of hydrogen-bond acceptors (Lipinski definition) is 1. The lowest BCUT2D eigenvalue weighted by atomic mass is 9.87. The van der Waals surface area contributed by atoms with Crippen LogP contribution in [0.15, 0.2) is 24.3 Å². The molecule has 0 heterocycles. The van der Waals surface area contributed by atoms with Crippen LogP contribution in [0, 0.1) is 0 Å². The monoisotopic (exact) mass is 220 g/mol. The third kappa shape index (κ3) is 2.75. The molecule has 0 aliphatic heterocycles. The molecule has 16 heavy (non-hydrogen) atoms. The SMILES string of the molecule is CNC(=O)N(C)c1ccc(C(C)(C)C)cc1. The Morgan fingerprint density at radius 1 is 1.19 bits per heavy atom. The number of hydrogen-bond donors (Lipinski definition) is 1. The van der Waals surface area contributed by atoms with Crippen LogP contribution < -0.4 is 10.2 Å². The molecule has 0 aliphatic carbocycles. The quantitative estimate of drug-likeness (QED) is 0.775. The maximum absolute atomic E-state index is 11.4. The summed E-state index contributed by atoms with van der Waals surface area (Å²) in [6, 6.07) is 7.96. The molecule has 1 N–H and O–H groups in total. The van der Waals surface area contributed by atoms with Gasteiger partial charge in [-0.15, -0.1) is 0 Å². The van der Waals surface area contributed by atoms with Crippen LogP contribution in [-0.4, -0.2) is 20.1 Å². The second-order valence-corrected chi connectivity index (χ2v) is 4.91. The van der Waals surface area contributed by atoms with Crippen LogP contribution in [0.5, 0.6) is 0 Å². The summed E-state index contributed by atoms with van der Waals surface area (Å²) >= 11 is 0. The molecule has 0 aliphatic rings. The number of rotatable bonds is 1. The molecule has 3 nitrogen and oxygen atoms in total. The number of urea groups is 1. The van der Waals surface area contributed by atoms with Gasteiger partial charge in [-0.2, -0.15) is 0 Å². The van der Waals surface area contributed by atoms with Crippen LogP contribution in [0.1, 0.15) is 26.3 Å². The van der Waals surface area contributed by atoms with E-state index in [0.29, 0.717) is 0 Å². The highest BCUT2D eigenvalue weighted by atomic mass is 16.2. The lowest BCUT2D eigenvalue weighted by Gasteiger charge is -2.21. The summed E-state index contributed by atoms with van der Waals surface area (Å²) < 4.78 is 0. The Morgan fingerprint density at radius 2 is 1.69 bits per heavy atom. The van der Waals surface area contributed by atoms with Gasteiger partial charge in [0.05, 0.1) is 0 Å². The number of nitrogens with one attached hydrogen (secondary N) is 1. The van der Waals surface area contributed by atoms with Gasteiger partial charge in [-0.3, -0.25) is 4.90 Å². The minimum Gasteiger partial charge on any atom is -0.341 e. The fourth-order valence-electron chi connectivity index (χ4n) is 1.47. The van der Waals surface area contributed by atoms with Crippen molar-refractivity contribution in [2.24, 2.45) is 0 Å². The summed E-state index contributed by atoms with van der Waals surface area (Å²) in [5.41, 5.74) is 2.30. The topological polar surface area (TPSA) is 32.3 Å². The highest BCUT2D eigenvalue weighted by Gasteiger charge is 2.14. The average Bonchev–Trinajstić information content (AvgIpc) is 2.26. The van der Waals surface area contributed by atoms with Gasteiger partial charge in [0.1, 0.15) is 0 Å². The summed E-state index contributed by atoms with van der Waals surface area (Å²) in [5.74, 6) is 0.